The largest absolute Gasteiger partial charge is 0.422 e. The van der Waals surface area contributed by atoms with E-state index in [0.29, 0.717) is 23.4 Å². The third-order valence-electron chi connectivity index (χ3n) is 5.52. The van der Waals surface area contributed by atoms with E-state index in [1.165, 1.54) is 0 Å². The zero-order valence-electron chi connectivity index (χ0n) is 16.0. The Morgan fingerprint density at radius 2 is 1.90 bits per heavy atom. The number of β-amino-alcohol motifs (C(OH)–C–C–N with tert-alkyl or cyclic N) is 1. The number of anilines is 1. The Morgan fingerprint density at radius 1 is 1.03 bits per heavy atom. The summed E-state index contributed by atoms with van der Waals surface area (Å²) in [6, 6.07) is 15.5. The number of nitrogens with zero attached hydrogens (tertiary/aromatic N) is 4. The minimum Gasteiger partial charge on any atom is -0.422 e. The molecule has 1 aliphatic heterocycles. The van der Waals surface area contributed by atoms with Crippen molar-refractivity contribution in [2.45, 2.75) is 0 Å². The number of pyridine rings is 1. The molecule has 0 unspecified atom stereocenters. The molecule has 0 radical (unpaired) electrons. The van der Waals surface area contributed by atoms with Crippen LogP contribution in [0.4, 0.5) is 5.69 Å². The number of benzene rings is 1. The van der Waals surface area contributed by atoms with E-state index in [0.717, 1.165) is 42.8 Å². The zero-order chi connectivity index (χ0) is 19.8. The molecule has 4 aromatic rings. The molecular weight excluding hydrogens is 368 g/mol. The summed E-state index contributed by atoms with van der Waals surface area (Å²) in [6.45, 7) is 4.50. The monoisotopic (exact) mass is 390 g/mol. The standard InChI is InChI=1S/C22H22N4O3/c27-12-11-24-7-9-25(10-8-24)17-5-4-16-13-19(22(28)29-21(16)15-17)20-14-18-3-1-2-6-26(18)23-20/h1-6,13-15,27H,7-12H2. The summed E-state index contributed by atoms with van der Waals surface area (Å²) in [4.78, 5) is 17.2. The lowest BCUT2D eigenvalue weighted by Gasteiger charge is -2.35. The first kappa shape index (κ1) is 17.9. The van der Waals surface area contributed by atoms with Gasteiger partial charge in [0.15, 0.2) is 0 Å². The van der Waals surface area contributed by atoms with Crippen LogP contribution in [0.15, 0.2) is 63.9 Å². The third-order valence-corrected chi connectivity index (χ3v) is 5.52. The third kappa shape index (κ3) is 3.39. The molecule has 148 valence electrons. The number of hydrogen-bond acceptors (Lipinski definition) is 6. The summed E-state index contributed by atoms with van der Waals surface area (Å²) in [5, 5.41) is 14.5. The van der Waals surface area contributed by atoms with Gasteiger partial charge in [0.25, 0.3) is 0 Å². The van der Waals surface area contributed by atoms with Crippen molar-refractivity contribution in [3.8, 4) is 11.3 Å². The van der Waals surface area contributed by atoms with Crippen molar-refractivity contribution in [1.82, 2.24) is 14.5 Å². The van der Waals surface area contributed by atoms with Gasteiger partial charge in [-0.15, -0.1) is 0 Å². The zero-order valence-corrected chi connectivity index (χ0v) is 16.0. The first-order valence-corrected chi connectivity index (χ1v) is 9.82. The van der Waals surface area contributed by atoms with Crippen LogP contribution in [-0.4, -0.2) is 59.0 Å². The van der Waals surface area contributed by atoms with Crippen LogP contribution in [0.3, 0.4) is 0 Å². The predicted octanol–water partition coefficient (Wildman–Crippen LogP) is 2.22. The minimum absolute atomic E-state index is 0.190. The quantitative estimate of drug-likeness (QED) is 0.539. The molecule has 29 heavy (non-hydrogen) atoms. The fourth-order valence-electron chi connectivity index (χ4n) is 3.92. The summed E-state index contributed by atoms with van der Waals surface area (Å²) in [6.07, 6.45) is 1.86. The van der Waals surface area contributed by atoms with Crippen LogP contribution >= 0.6 is 0 Å². The number of rotatable bonds is 4. The van der Waals surface area contributed by atoms with E-state index in [2.05, 4.69) is 21.0 Å². The summed E-state index contributed by atoms with van der Waals surface area (Å²) in [5.41, 5.74) is 3.24. The van der Waals surface area contributed by atoms with Crippen molar-refractivity contribution in [2.24, 2.45) is 0 Å². The van der Waals surface area contributed by atoms with E-state index in [4.69, 9.17) is 9.52 Å². The van der Waals surface area contributed by atoms with Crippen LogP contribution in [0.1, 0.15) is 0 Å². The maximum atomic E-state index is 12.7. The molecular formula is C22H22N4O3. The molecule has 5 rings (SSSR count). The fourth-order valence-corrected chi connectivity index (χ4v) is 3.92. The smallest absolute Gasteiger partial charge is 0.345 e. The molecule has 7 nitrogen and oxygen atoms in total. The summed E-state index contributed by atoms with van der Waals surface area (Å²) in [7, 11) is 0. The highest BCUT2D eigenvalue weighted by molar-refractivity contribution is 5.84. The number of hydrogen-bond donors (Lipinski definition) is 1. The van der Waals surface area contributed by atoms with Crippen molar-refractivity contribution in [3.05, 3.63) is 65.1 Å². The predicted molar refractivity (Wildman–Crippen MR) is 112 cm³/mol. The van der Waals surface area contributed by atoms with Crippen molar-refractivity contribution in [2.75, 3.05) is 44.2 Å². The molecule has 1 aromatic carbocycles. The van der Waals surface area contributed by atoms with E-state index in [-0.39, 0.29) is 12.2 Å². The molecule has 0 aliphatic carbocycles. The van der Waals surface area contributed by atoms with Crippen molar-refractivity contribution >= 4 is 22.2 Å². The first-order chi connectivity index (χ1) is 14.2. The Bertz CT molecular complexity index is 1190. The van der Waals surface area contributed by atoms with Crippen LogP contribution in [0, 0.1) is 0 Å². The first-order valence-electron chi connectivity index (χ1n) is 9.82. The molecule has 1 fully saturated rings. The Kier molecular flexibility index (Phi) is 4.54. The molecule has 7 heteroatoms. The van der Waals surface area contributed by atoms with Gasteiger partial charge in [0, 0.05) is 56.1 Å². The highest BCUT2D eigenvalue weighted by Gasteiger charge is 2.18. The van der Waals surface area contributed by atoms with Gasteiger partial charge in [-0.05, 0) is 36.4 Å². The lowest BCUT2D eigenvalue weighted by atomic mass is 10.1. The van der Waals surface area contributed by atoms with Crippen molar-refractivity contribution in [3.63, 3.8) is 0 Å². The van der Waals surface area contributed by atoms with Gasteiger partial charge in [0.05, 0.1) is 17.7 Å². The molecule has 0 bridgehead atoms. The van der Waals surface area contributed by atoms with Gasteiger partial charge in [0.2, 0.25) is 0 Å². The SMILES string of the molecule is O=c1oc2cc(N3CCN(CCO)CC3)ccc2cc1-c1cc2ccccn2n1. The van der Waals surface area contributed by atoms with Crippen LogP contribution < -0.4 is 10.5 Å². The fraction of sp³-hybridized carbons (Fsp3) is 0.273. The van der Waals surface area contributed by atoms with Crippen LogP contribution in [0.2, 0.25) is 0 Å². The summed E-state index contributed by atoms with van der Waals surface area (Å²) in [5.74, 6) is 0. The molecule has 4 heterocycles. The van der Waals surface area contributed by atoms with E-state index in [1.54, 1.807) is 4.52 Å². The Hall–Kier alpha value is -3.16. The number of piperazine rings is 1. The summed E-state index contributed by atoms with van der Waals surface area (Å²) < 4.78 is 7.41. The lowest BCUT2D eigenvalue weighted by Crippen LogP contribution is -2.47. The molecule has 0 atom stereocenters. The highest BCUT2D eigenvalue weighted by Crippen LogP contribution is 2.26. The van der Waals surface area contributed by atoms with Gasteiger partial charge < -0.3 is 14.4 Å². The molecule has 1 aliphatic rings. The van der Waals surface area contributed by atoms with Gasteiger partial charge in [-0.1, -0.05) is 6.07 Å². The van der Waals surface area contributed by atoms with Gasteiger partial charge in [-0.2, -0.15) is 5.10 Å². The van der Waals surface area contributed by atoms with Gasteiger partial charge in [-0.3, -0.25) is 4.90 Å². The average molecular weight is 390 g/mol. The molecule has 1 N–H and O–H groups in total. The maximum absolute atomic E-state index is 12.7. The van der Waals surface area contributed by atoms with E-state index >= 15 is 0 Å². The Balaban J connectivity index is 1.46. The molecule has 1 saturated heterocycles. The van der Waals surface area contributed by atoms with Crippen molar-refractivity contribution in [1.29, 1.82) is 0 Å². The molecule has 0 saturated carbocycles. The molecule has 3 aromatic heterocycles. The number of aliphatic hydroxyl groups excluding tert-OH is 1. The van der Waals surface area contributed by atoms with E-state index in [1.807, 2.05) is 48.7 Å². The van der Waals surface area contributed by atoms with Crippen molar-refractivity contribution < 1.29 is 9.52 Å². The van der Waals surface area contributed by atoms with Crippen LogP contribution in [0.5, 0.6) is 0 Å². The summed E-state index contributed by atoms with van der Waals surface area (Å²) >= 11 is 0. The van der Waals surface area contributed by atoms with Gasteiger partial charge >= 0.3 is 5.63 Å². The Morgan fingerprint density at radius 3 is 2.69 bits per heavy atom. The topological polar surface area (TPSA) is 74.2 Å². The lowest BCUT2D eigenvalue weighted by molar-refractivity contribution is 0.189. The molecule has 0 spiro atoms. The van der Waals surface area contributed by atoms with Gasteiger partial charge in [-0.25, -0.2) is 9.31 Å². The second-order valence-electron chi connectivity index (χ2n) is 7.32. The van der Waals surface area contributed by atoms with Gasteiger partial charge in [0.1, 0.15) is 11.3 Å². The Labute approximate surface area is 167 Å². The highest BCUT2D eigenvalue weighted by atomic mass is 16.4. The second-order valence-corrected chi connectivity index (χ2v) is 7.32. The van der Waals surface area contributed by atoms with E-state index in [9.17, 15) is 4.79 Å². The normalized spacial score (nSPS) is 15.4. The number of aliphatic hydroxyl groups is 1. The minimum atomic E-state index is -0.383. The van der Waals surface area contributed by atoms with Crippen LogP contribution in [0.25, 0.3) is 27.7 Å². The molecule has 0 amide bonds. The maximum Gasteiger partial charge on any atom is 0.345 e. The average Bonchev–Trinajstić information content (AvgIpc) is 3.17. The second kappa shape index (κ2) is 7.35. The number of aromatic nitrogens is 2. The van der Waals surface area contributed by atoms with E-state index < -0.39 is 0 Å². The number of fused-ring (bicyclic) bond motifs is 2. The van der Waals surface area contributed by atoms with Crippen LogP contribution in [-0.2, 0) is 0 Å².